The monoisotopic (exact) mass is 352 g/mol. The lowest BCUT2D eigenvalue weighted by Gasteiger charge is -2.08. The molecule has 2 aromatic carbocycles. The Balaban J connectivity index is 1.81. The number of carbonyl (C=O) groups is 3. The number of rotatable bonds is 7. The molecule has 0 spiro atoms. The molecule has 0 bridgehead atoms. The molecule has 2 aromatic rings. The molecule has 0 aliphatic carbocycles. The molecule has 0 saturated heterocycles. The fourth-order valence-electron chi connectivity index (χ4n) is 2.60. The van der Waals surface area contributed by atoms with Crippen LogP contribution in [0.3, 0.4) is 0 Å². The molecule has 2 N–H and O–H groups in total. The van der Waals surface area contributed by atoms with Crippen LogP contribution < -0.4 is 10.6 Å². The number of hydrogen-bond donors (Lipinski definition) is 2. The van der Waals surface area contributed by atoms with Crippen molar-refractivity contribution in [2.24, 2.45) is 0 Å². The maximum absolute atomic E-state index is 12.3. The van der Waals surface area contributed by atoms with Crippen molar-refractivity contribution in [2.45, 2.75) is 40.2 Å². The summed E-state index contributed by atoms with van der Waals surface area (Å²) in [6, 6.07) is 13.0. The second-order valence-corrected chi connectivity index (χ2v) is 6.40. The summed E-state index contributed by atoms with van der Waals surface area (Å²) in [4.78, 5) is 35.3. The van der Waals surface area contributed by atoms with E-state index in [1.807, 2.05) is 44.2 Å². The van der Waals surface area contributed by atoms with Crippen molar-refractivity contribution in [1.82, 2.24) is 5.32 Å². The summed E-state index contributed by atoms with van der Waals surface area (Å²) < 4.78 is 0. The van der Waals surface area contributed by atoms with Crippen LogP contribution in [0.5, 0.6) is 0 Å². The third kappa shape index (κ3) is 5.84. The van der Waals surface area contributed by atoms with E-state index >= 15 is 0 Å². The molecular formula is C21H24N2O3. The van der Waals surface area contributed by atoms with Gasteiger partial charge >= 0.3 is 0 Å². The molecule has 0 unspecified atom stereocenters. The number of carbonyl (C=O) groups excluding carboxylic acids is 3. The van der Waals surface area contributed by atoms with Crippen LogP contribution in [-0.4, -0.2) is 17.6 Å². The minimum absolute atomic E-state index is 0.0130. The highest BCUT2D eigenvalue weighted by molar-refractivity contribution is 5.99. The lowest BCUT2D eigenvalue weighted by Crippen LogP contribution is -2.23. The predicted molar refractivity (Wildman–Crippen MR) is 102 cm³/mol. The van der Waals surface area contributed by atoms with Gasteiger partial charge in [0, 0.05) is 37.6 Å². The molecule has 0 heterocycles. The quantitative estimate of drug-likeness (QED) is 0.749. The van der Waals surface area contributed by atoms with Crippen molar-refractivity contribution < 1.29 is 14.4 Å². The Labute approximate surface area is 153 Å². The molecule has 0 aromatic heterocycles. The highest BCUT2D eigenvalue weighted by atomic mass is 16.2. The molecule has 2 amide bonds. The number of aryl methyl sites for hydroxylation is 2. The van der Waals surface area contributed by atoms with Gasteiger partial charge in [-0.15, -0.1) is 0 Å². The molecule has 0 aliphatic heterocycles. The number of nitrogens with one attached hydrogen (secondary N) is 2. The Morgan fingerprint density at radius 1 is 0.923 bits per heavy atom. The van der Waals surface area contributed by atoms with E-state index in [1.165, 1.54) is 6.92 Å². The maximum atomic E-state index is 12.3. The van der Waals surface area contributed by atoms with E-state index in [2.05, 4.69) is 10.6 Å². The van der Waals surface area contributed by atoms with Crippen molar-refractivity contribution in [3.8, 4) is 0 Å². The number of amides is 2. The van der Waals surface area contributed by atoms with Gasteiger partial charge < -0.3 is 10.6 Å². The van der Waals surface area contributed by atoms with Gasteiger partial charge in [-0.05, 0) is 43.2 Å². The van der Waals surface area contributed by atoms with Crippen molar-refractivity contribution >= 4 is 23.3 Å². The van der Waals surface area contributed by atoms with Crippen molar-refractivity contribution in [1.29, 1.82) is 0 Å². The third-order valence-electron chi connectivity index (χ3n) is 4.04. The highest BCUT2D eigenvalue weighted by Gasteiger charge is 2.11. The molecule has 0 atom stereocenters. The SMILES string of the molecule is CC(=O)Nc1ccc(CNC(=O)CCC(=O)c2cc(C)ccc2C)cc1. The van der Waals surface area contributed by atoms with Crippen LogP contribution in [0.2, 0.25) is 0 Å². The fraction of sp³-hybridized carbons (Fsp3) is 0.286. The average Bonchev–Trinajstić information content (AvgIpc) is 2.60. The summed E-state index contributed by atoms with van der Waals surface area (Å²) >= 11 is 0. The largest absolute Gasteiger partial charge is 0.352 e. The Bertz CT molecular complexity index is 811. The van der Waals surface area contributed by atoms with Gasteiger partial charge in [-0.2, -0.15) is 0 Å². The number of ketones is 1. The van der Waals surface area contributed by atoms with Crippen molar-refractivity contribution in [2.75, 3.05) is 5.32 Å². The minimum atomic E-state index is -0.158. The summed E-state index contributed by atoms with van der Waals surface area (Å²) in [5.41, 5.74) is 4.29. The number of Topliss-reactive ketones (excluding diaryl/α,β-unsaturated/α-hetero) is 1. The average molecular weight is 352 g/mol. The van der Waals surface area contributed by atoms with E-state index in [9.17, 15) is 14.4 Å². The van der Waals surface area contributed by atoms with E-state index in [1.54, 1.807) is 12.1 Å². The third-order valence-corrected chi connectivity index (χ3v) is 4.04. The van der Waals surface area contributed by atoms with Gasteiger partial charge in [0.25, 0.3) is 0 Å². The second-order valence-electron chi connectivity index (χ2n) is 6.40. The Hall–Kier alpha value is -2.95. The van der Waals surface area contributed by atoms with Crippen molar-refractivity contribution in [3.63, 3.8) is 0 Å². The molecule has 0 saturated carbocycles. The van der Waals surface area contributed by atoms with Crippen LogP contribution in [0.25, 0.3) is 0 Å². The summed E-state index contributed by atoms with van der Waals surface area (Å²) in [5.74, 6) is -0.296. The lowest BCUT2D eigenvalue weighted by molar-refractivity contribution is -0.121. The number of anilines is 1. The first-order valence-corrected chi connectivity index (χ1v) is 8.59. The van der Waals surface area contributed by atoms with Crippen LogP contribution in [0, 0.1) is 13.8 Å². The van der Waals surface area contributed by atoms with Gasteiger partial charge in [0.15, 0.2) is 5.78 Å². The molecule has 0 radical (unpaired) electrons. The van der Waals surface area contributed by atoms with Crippen LogP contribution in [0.15, 0.2) is 42.5 Å². The summed E-state index contributed by atoms with van der Waals surface area (Å²) in [7, 11) is 0. The lowest BCUT2D eigenvalue weighted by atomic mass is 9.99. The van der Waals surface area contributed by atoms with Gasteiger partial charge in [0.1, 0.15) is 0 Å². The zero-order valence-electron chi connectivity index (χ0n) is 15.4. The summed E-state index contributed by atoms with van der Waals surface area (Å²) in [5, 5.41) is 5.50. The van der Waals surface area contributed by atoms with Crippen molar-refractivity contribution in [3.05, 3.63) is 64.7 Å². The minimum Gasteiger partial charge on any atom is -0.352 e. The van der Waals surface area contributed by atoms with Gasteiger partial charge in [0.2, 0.25) is 11.8 Å². The molecule has 0 fully saturated rings. The van der Waals surface area contributed by atoms with E-state index < -0.39 is 0 Å². The van der Waals surface area contributed by atoms with Crippen LogP contribution in [-0.2, 0) is 16.1 Å². The van der Waals surface area contributed by atoms with Gasteiger partial charge in [-0.25, -0.2) is 0 Å². The Morgan fingerprint density at radius 3 is 2.27 bits per heavy atom. The molecule has 26 heavy (non-hydrogen) atoms. The fourth-order valence-corrected chi connectivity index (χ4v) is 2.60. The predicted octanol–water partition coefficient (Wildman–Crippen LogP) is 3.54. The number of benzene rings is 2. The van der Waals surface area contributed by atoms with Gasteiger partial charge in [0.05, 0.1) is 0 Å². The highest BCUT2D eigenvalue weighted by Crippen LogP contribution is 2.14. The molecule has 136 valence electrons. The Kier molecular flexibility index (Phi) is 6.67. The zero-order chi connectivity index (χ0) is 19.1. The standard InChI is InChI=1S/C21H24N2O3/c1-14-4-5-15(2)19(12-14)20(25)10-11-21(26)22-13-17-6-8-18(9-7-17)23-16(3)24/h4-9,12H,10-11,13H2,1-3H3,(H,22,26)(H,23,24). The molecule has 5 heteroatoms. The summed E-state index contributed by atoms with van der Waals surface area (Å²) in [6.07, 6.45) is 0.355. The van der Waals surface area contributed by atoms with E-state index in [0.29, 0.717) is 17.8 Å². The maximum Gasteiger partial charge on any atom is 0.221 e. The first kappa shape index (κ1) is 19.4. The van der Waals surface area contributed by atoms with E-state index in [-0.39, 0.29) is 30.4 Å². The van der Waals surface area contributed by atoms with Crippen LogP contribution >= 0.6 is 0 Å². The van der Waals surface area contributed by atoms with E-state index in [0.717, 1.165) is 16.7 Å². The number of hydrogen-bond acceptors (Lipinski definition) is 3. The van der Waals surface area contributed by atoms with Crippen LogP contribution in [0.1, 0.15) is 46.8 Å². The van der Waals surface area contributed by atoms with Gasteiger partial charge in [-0.3, -0.25) is 14.4 Å². The first-order chi connectivity index (χ1) is 12.3. The normalized spacial score (nSPS) is 10.3. The molecular weight excluding hydrogens is 328 g/mol. The smallest absolute Gasteiger partial charge is 0.221 e. The Morgan fingerprint density at radius 2 is 1.62 bits per heavy atom. The topological polar surface area (TPSA) is 75.3 Å². The van der Waals surface area contributed by atoms with Gasteiger partial charge in [-0.1, -0.05) is 29.8 Å². The first-order valence-electron chi connectivity index (χ1n) is 8.59. The molecule has 5 nitrogen and oxygen atoms in total. The van der Waals surface area contributed by atoms with E-state index in [4.69, 9.17) is 0 Å². The summed E-state index contributed by atoms with van der Waals surface area (Å²) in [6.45, 7) is 5.68. The van der Waals surface area contributed by atoms with Crippen LogP contribution in [0.4, 0.5) is 5.69 Å². The molecule has 0 aliphatic rings. The zero-order valence-corrected chi connectivity index (χ0v) is 15.4. The second kappa shape index (κ2) is 8.94. The molecule has 2 rings (SSSR count).